The molecule has 2 N–H and O–H groups in total. The van der Waals surface area contributed by atoms with Gasteiger partial charge in [-0.15, -0.1) is 0 Å². The molecule has 0 aromatic heterocycles. The van der Waals surface area contributed by atoms with Gasteiger partial charge in [0, 0.05) is 35.5 Å². The molecular weight excluding hydrogens is 543 g/mol. The molecule has 0 spiro atoms. The Morgan fingerprint density at radius 2 is 1.10 bits per heavy atom. The number of phenolic OH excluding ortho intramolecular Hbond substituents is 2. The van der Waals surface area contributed by atoms with E-state index in [1.165, 1.54) is 0 Å². The summed E-state index contributed by atoms with van der Waals surface area (Å²) in [5.74, 6) is -1.50. The first-order valence-electron chi connectivity index (χ1n) is 13.0. The van der Waals surface area contributed by atoms with Gasteiger partial charge in [0.1, 0.15) is 11.5 Å². The van der Waals surface area contributed by atoms with Crippen LogP contribution in [-0.4, -0.2) is 46.7 Å². The van der Waals surface area contributed by atoms with Crippen LogP contribution in [0.2, 0.25) is 0 Å². The third-order valence-corrected chi connectivity index (χ3v) is 5.99. The maximum absolute atomic E-state index is 10.5. The van der Waals surface area contributed by atoms with Crippen LogP contribution in [0.5, 0.6) is 11.5 Å². The van der Waals surface area contributed by atoms with E-state index in [1.54, 1.807) is 0 Å². The molecule has 1 aliphatic rings. The van der Waals surface area contributed by atoms with Crippen LogP contribution in [-0.2, 0) is 39.2 Å². The zero-order valence-corrected chi connectivity index (χ0v) is 24.7. The Labute approximate surface area is 242 Å². The number of phenols is 2. The number of aromatic hydroxyl groups is 2. The van der Waals surface area contributed by atoms with Gasteiger partial charge in [-0.3, -0.25) is 9.98 Å². The predicted molar refractivity (Wildman–Crippen MR) is 147 cm³/mol. The van der Waals surface area contributed by atoms with Gasteiger partial charge >= 0.3 is 16.8 Å². The Hall–Kier alpha value is -3.17. The Morgan fingerprint density at radius 1 is 0.795 bits per heavy atom. The number of aliphatic imine (C=N–C) groups is 2. The molecule has 8 nitrogen and oxygen atoms in total. The summed E-state index contributed by atoms with van der Waals surface area (Å²) in [7, 11) is 0. The number of benzene rings is 2. The minimum Gasteiger partial charge on any atom is -0.550 e. The van der Waals surface area contributed by atoms with Gasteiger partial charge in [0.2, 0.25) is 0 Å². The fraction of sp³-hybridized carbons (Fsp3) is 0.467. The van der Waals surface area contributed by atoms with E-state index in [-0.39, 0.29) is 28.9 Å². The van der Waals surface area contributed by atoms with Gasteiger partial charge in [0.05, 0.1) is 12.1 Å². The van der Waals surface area contributed by atoms with Gasteiger partial charge in [-0.05, 0) is 87.8 Å². The Balaban J connectivity index is 0.00000142. The van der Waals surface area contributed by atoms with Crippen LogP contribution in [0.25, 0.3) is 0 Å². The molecule has 2 aromatic rings. The smallest absolute Gasteiger partial charge is 0.550 e. The molecule has 215 valence electrons. The number of nitrogens with zero attached hydrogens (tertiary/aromatic N) is 2. The maximum Gasteiger partial charge on any atom is 2.00 e. The van der Waals surface area contributed by atoms with E-state index in [9.17, 15) is 10.2 Å². The van der Waals surface area contributed by atoms with Gasteiger partial charge in [0.15, 0.2) is 0 Å². The molecule has 1 saturated carbocycles. The molecule has 0 bridgehead atoms. The fourth-order valence-electron chi connectivity index (χ4n) is 4.30. The van der Waals surface area contributed by atoms with Crippen molar-refractivity contribution in [2.75, 3.05) is 0 Å². The number of hydrogen-bond donors (Lipinski definition) is 2. The number of carboxylic acids is 2. The van der Waals surface area contributed by atoms with Crippen LogP contribution in [0, 0.1) is 13.8 Å². The van der Waals surface area contributed by atoms with E-state index in [1.807, 2.05) is 64.4 Å². The predicted octanol–water partition coefficient (Wildman–Crippen LogP) is 3.20. The minimum atomic E-state index is -1.08. The van der Waals surface area contributed by atoms with Crippen LogP contribution >= 0.6 is 0 Å². The van der Waals surface area contributed by atoms with E-state index < -0.39 is 11.9 Å². The third kappa shape index (κ3) is 13.0. The third-order valence-electron chi connectivity index (χ3n) is 5.99. The number of carbonyl (C=O) groups excluding carboxylic acids is 2. The Bertz CT molecular complexity index is 1050. The zero-order chi connectivity index (χ0) is 28.8. The Kier molecular flexibility index (Phi) is 16.7. The topological polar surface area (TPSA) is 145 Å². The summed E-state index contributed by atoms with van der Waals surface area (Å²) in [4.78, 5) is 27.5. The summed E-state index contributed by atoms with van der Waals surface area (Å²) < 4.78 is 0. The average Bonchev–Trinajstić information content (AvgIpc) is 2.84. The minimum absolute atomic E-state index is 0. The molecule has 0 saturated heterocycles. The molecule has 0 heterocycles. The first kappa shape index (κ1) is 35.8. The van der Waals surface area contributed by atoms with Gasteiger partial charge in [-0.25, -0.2) is 0 Å². The van der Waals surface area contributed by atoms with Crippen molar-refractivity contribution in [3.8, 4) is 11.5 Å². The van der Waals surface area contributed by atoms with Gasteiger partial charge in [-0.1, -0.05) is 38.8 Å². The molecule has 0 aliphatic heterocycles. The molecule has 1 aliphatic carbocycles. The van der Waals surface area contributed by atoms with Crippen LogP contribution in [0.15, 0.2) is 34.3 Å². The number of hydrogen-bond acceptors (Lipinski definition) is 8. The standard InChI is InChI=1S/C26H34N2O2.2C2H4O2.Co/c1-5-19-11-17(3)13-21(25(19)29)15-27-23-9-7-8-10-24(23)28-16-22-14-18(4)12-20(6-2)26(22)30;2*1-2(3)4;/h11-16,23-24,29-30H,5-10H2,1-4H3;2*1H3,(H,3,4);/q;;;+2/p-2. The summed E-state index contributed by atoms with van der Waals surface area (Å²) in [5, 5.41) is 38.8. The van der Waals surface area contributed by atoms with Crippen molar-refractivity contribution in [1.29, 1.82) is 0 Å². The van der Waals surface area contributed by atoms with Crippen LogP contribution in [0.4, 0.5) is 0 Å². The molecular formula is C30H40CoN2O6. The van der Waals surface area contributed by atoms with E-state index in [0.717, 1.165) is 85.8 Å². The number of carboxylic acid groups (broad SMARTS) is 2. The van der Waals surface area contributed by atoms with E-state index >= 15 is 0 Å². The van der Waals surface area contributed by atoms with Crippen LogP contribution < -0.4 is 10.2 Å². The van der Waals surface area contributed by atoms with Crippen molar-refractivity contribution in [2.24, 2.45) is 9.98 Å². The molecule has 2 unspecified atom stereocenters. The largest absolute Gasteiger partial charge is 2.00 e. The molecule has 2 aromatic carbocycles. The van der Waals surface area contributed by atoms with Crippen molar-refractivity contribution < 1.29 is 46.8 Å². The van der Waals surface area contributed by atoms with E-state index in [0.29, 0.717) is 11.5 Å². The maximum atomic E-state index is 10.5. The monoisotopic (exact) mass is 583 g/mol. The average molecular weight is 584 g/mol. The number of rotatable bonds is 6. The molecule has 2 atom stereocenters. The van der Waals surface area contributed by atoms with Gasteiger partial charge < -0.3 is 30.0 Å². The van der Waals surface area contributed by atoms with Crippen molar-refractivity contribution >= 4 is 24.4 Å². The normalized spacial score (nSPS) is 16.5. The quantitative estimate of drug-likeness (QED) is 0.500. The first-order chi connectivity index (χ1) is 17.9. The van der Waals surface area contributed by atoms with Crippen LogP contribution in [0.3, 0.4) is 0 Å². The number of carbonyl (C=O) groups is 2. The van der Waals surface area contributed by atoms with Gasteiger partial charge in [-0.2, -0.15) is 0 Å². The molecule has 3 rings (SSSR count). The van der Waals surface area contributed by atoms with E-state index in [2.05, 4.69) is 0 Å². The fourth-order valence-corrected chi connectivity index (χ4v) is 4.30. The summed E-state index contributed by atoms with van der Waals surface area (Å²) >= 11 is 0. The SMILES string of the molecule is CC(=O)[O-].CC(=O)[O-].CCc1cc(C)cc(C=NC2CCCCC2N=Cc2cc(C)cc(CC)c2O)c1O.[Co+2]. The van der Waals surface area contributed by atoms with Crippen molar-refractivity contribution in [3.63, 3.8) is 0 Å². The number of aryl methyl sites for hydroxylation is 4. The number of aliphatic carboxylic acids is 2. The second kappa shape index (κ2) is 18.2. The molecule has 9 heteroatoms. The second-order valence-electron chi connectivity index (χ2n) is 9.39. The zero-order valence-electron chi connectivity index (χ0n) is 23.6. The molecule has 0 amide bonds. The van der Waals surface area contributed by atoms with Gasteiger partial charge in [0.25, 0.3) is 0 Å². The summed E-state index contributed by atoms with van der Waals surface area (Å²) in [6.45, 7) is 10.1. The van der Waals surface area contributed by atoms with E-state index in [4.69, 9.17) is 29.8 Å². The summed E-state index contributed by atoms with van der Waals surface area (Å²) in [6.07, 6.45) is 9.50. The van der Waals surface area contributed by atoms with Crippen molar-refractivity contribution in [1.82, 2.24) is 0 Å². The molecule has 1 fully saturated rings. The Morgan fingerprint density at radius 3 is 1.38 bits per heavy atom. The van der Waals surface area contributed by atoms with Crippen molar-refractivity contribution in [2.45, 2.75) is 92.2 Å². The first-order valence-corrected chi connectivity index (χ1v) is 13.0. The second-order valence-corrected chi connectivity index (χ2v) is 9.39. The van der Waals surface area contributed by atoms with Crippen molar-refractivity contribution in [3.05, 3.63) is 57.6 Å². The molecule has 39 heavy (non-hydrogen) atoms. The summed E-state index contributed by atoms with van der Waals surface area (Å²) in [6, 6.07) is 8.21. The van der Waals surface area contributed by atoms with Crippen LogP contribution in [0.1, 0.15) is 86.8 Å². The summed E-state index contributed by atoms with van der Waals surface area (Å²) in [5.41, 5.74) is 5.73. The molecule has 1 radical (unpaired) electrons.